The molecule has 1 unspecified atom stereocenters. The van der Waals surface area contributed by atoms with E-state index in [4.69, 9.17) is 9.90 Å². The second-order valence-electron chi connectivity index (χ2n) is 7.49. The lowest BCUT2D eigenvalue weighted by Gasteiger charge is -2.31. The molecule has 1 amide bonds. The molecule has 1 aromatic carbocycles. The summed E-state index contributed by atoms with van der Waals surface area (Å²) in [7, 11) is 1.87. The maximum absolute atomic E-state index is 13.4. The van der Waals surface area contributed by atoms with Gasteiger partial charge in [0.25, 0.3) is 6.47 Å². The Hall–Kier alpha value is -4.02. The van der Waals surface area contributed by atoms with Gasteiger partial charge in [-0.05, 0) is 18.2 Å². The van der Waals surface area contributed by atoms with Gasteiger partial charge in [0.15, 0.2) is 0 Å². The number of carbonyl (C=O) groups is 2. The third-order valence-electron chi connectivity index (χ3n) is 5.38. The Labute approximate surface area is 182 Å². The molecule has 11 heteroatoms. The number of amides is 1. The average molecular weight is 439 g/mol. The minimum atomic E-state index is -0.311. The molecular formula is C21H22FN7O3. The number of fused-ring (bicyclic) bond motifs is 2. The van der Waals surface area contributed by atoms with Gasteiger partial charge >= 0.3 is 0 Å². The van der Waals surface area contributed by atoms with Crippen LogP contribution in [0.4, 0.5) is 4.39 Å². The molecule has 4 aromatic rings. The van der Waals surface area contributed by atoms with E-state index in [2.05, 4.69) is 25.0 Å². The van der Waals surface area contributed by atoms with Crippen molar-refractivity contribution in [3.05, 3.63) is 65.5 Å². The van der Waals surface area contributed by atoms with Crippen LogP contribution in [0.25, 0.3) is 11.0 Å². The zero-order valence-corrected chi connectivity index (χ0v) is 17.3. The second kappa shape index (κ2) is 9.00. The fourth-order valence-corrected chi connectivity index (χ4v) is 3.93. The molecule has 3 N–H and O–H groups in total. The standard InChI is InChI=1S/C20H20FN7O.CH2O2/c1-27-8-12(7-24-27)14-9-28(10-17-20(14)23-11-22-17)19(29)5-4-18-25-15-3-2-13(21)6-16(15)26-18;2-1-3/h2-3,6-8,11,14H,4-5,9-10H2,1H3,(H,22,23)(H,25,26);1H,(H,2,3). The fourth-order valence-electron chi connectivity index (χ4n) is 3.93. The SMILES string of the molecule is Cn1cc(C2CN(C(=O)CCc3nc4ccc(F)cc4[nH]3)Cc3[nH]cnc32)cn1.O=CO. The quantitative estimate of drug-likeness (QED) is 0.417. The van der Waals surface area contributed by atoms with Crippen LogP contribution in [0.3, 0.4) is 0 Å². The van der Waals surface area contributed by atoms with E-state index in [-0.39, 0.29) is 24.1 Å². The molecule has 32 heavy (non-hydrogen) atoms. The normalized spacial score (nSPS) is 15.2. The second-order valence-corrected chi connectivity index (χ2v) is 7.49. The Morgan fingerprint density at radius 2 is 2.22 bits per heavy atom. The highest BCUT2D eigenvalue weighted by molar-refractivity contribution is 5.78. The van der Waals surface area contributed by atoms with Gasteiger partial charge in [-0.1, -0.05) is 0 Å². The molecule has 10 nitrogen and oxygen atoms in total. The van der Waals surface area contributed by atoms with E-state index in [1.54, 1.807) is 17.1 Å². The Kier molecular flexibility index (Phi) is 5.97. The van der Waals surface area contributed by atoms with Crippen LogP contribution >= 0.6 is 0 Å². The summed E-state index contributed by atoms with van der Waals surface area (Å²) in [4.78, 5) is 38.3. The van der Waals surface area contributed by atoms with E-state index in [0.29, 0.717) is 42.8 Å². The van der Waals surface area contributed by atoms with Crippen molar-refractivity contribution >= 4 is 23.4 Å². The number of carbonyl (C=O) groups excluding carboxylic acids is 1. The number of nitrogens with one attached hydrogen (secondary N) is 2. The number of nitrogens with zero attached hydrogens (tertiary/aromatic N) is 5. The number of aromatic nitrogens is 6. The highest BCUT2D eigenvalue weighted by Gasteiger charge is 2.31. The first kappa shape index (κ1) is 21.2. The lowest BCUT2D eigenvalue weighted by Crippen LogP contribution is -2.38. The maximum Gasteiger partial charge on any atom is 0.290 e. The van der Waals surface area contributed by atoms with Gasteiger partial charge in [-0.2, -0.15) is 5.10 Å². The molecule has 0 saturated carbocycles. The van der Waals surface area contributed by atoms with Gasteiger partial charge in [0, 0.05) is 44.1 Å². The van der Waals surface area contributed by atoms with Gasteiger partial charge in [-0.25, -0.2) is 14.4 Å². The number of carboxylic acid groups (broad SMARTS) is 1. The molecule has 0 aliphatic carbocycles. The monoisotopic (exact) mass is 439 g/mol. The van der Waals surface area contributed by atoms with Gasteiger partial charge in [0.2, 0.25) is 5.91 Å². The highest BCUT2D eigenvalue weighted by atomic mass is 19.1. The van der Waals surface area contributed by atoms with Crippen LogP contribution < -0.4 is 0 Å². The van der Waals surface area contributed by atoms with Crippen LogP contribution in [-0.2, 0) is 29.6 Å². The van der Waals surface area contributed by atoms with Crippen molar-refractivity contribution in [1.29, 1.82) is 0 Å². The van der Waals surface area contributed by atoms with Crippen molar-refractivity contribution in [2.45, 2.75) is 25.3 Å². The van der Waals surface area contributed by atoms with Crippen molar-refractivity contribution in [2.24, 2.45) is 7.05 Å². The summed E-state index contributed by atoms with van der Waals surface area (Å²) in [6.07, 6.45) is 6.26. The molecule has 1 atom stereocenters. The van der Waals surface area contributed by atoms with Crippen LogP contribution in [0.5, 0.6) is 0 Å². The number of H-pyrrole nitrogens is 2. The number of hydrogen-bond donors (Lipinski definition) is 3. The van der Waals surface area contributed by atoms with Crippen molar-refractivity contribution < 1.29 is 19.1 Å². The number of aromatic amines is 2. The van der Waals surface area contributed by atoms with Crippen LogP contribution in [0.1, 0.15) is 35.1 Å². The lowest BCUT2D eigenvalue weighted by atomic mass is 9.93. The van der Waals surface area contributed by atoms with Crippen molar-refractivity contribution in [1.82, 2.24) is 34.6 Å². The molecule has 0 saturated heterocycles. The van der Waals surface area contributed by atoms with Crippen molar-refractivity contribution in [3.8, 4) is 0 Å². The third-order valence-corrected chi connectivity index (χ3v) is 5.38. The molecular weight excluding hydrogens is 417 g/mol. The predicted molar refractivity (Wildman–Crippen MR) is 112 cm³/mol. The van der Waals surface area contributed by atoms with Crippen LogP contribution in [0, 0.1) is 5.82 Å². The zero-order valence-electron chi connectivity index (χ0n) is 17.3. The molecule has 166 valence electrons. The first-order valence-electron chi connectivity index (χ1n) is 9.99. The lowest BCUT2D eigenvalue weighted by molar-refractivity contribution is -0.132. The van der Waals surface area contributed by atoms with E-state index in [9.17, 15) is 9.18 Å². The fraction of sp³-hybridized carbons (Fsp3) is 0.286. The average Bonchev–Trinajstić information content (AvgIpc) is 3.50. The number of hydrogen-bond acceptors (Lipinski definition) is 5. The molecule has 0 fully saturated rings. The van der Waals surface area contributed by atoms with Crippen LogP contribution in [-0.4, -0.2) is 58.6 Å². The summed E-state index contributed by atoms with van der Waals surface area (Å²) in [6, 6.07) is 4.43. The summed E-state index contributed by atoms with van der Waals surface area (Å²) >= 11 is 0. The van der Waals surface area contributed by atoms with Gasteiger partial charge in [-0.15, -0.1) is 0 Å². The summed E-state index contributed by atoms with van der Waals surface area (Å²) in [6.45, 7) is 0.823. The van der Waals surface area contributed by atoms with E-state index in [1.165, 1.54) is 12.1 Å². The maximum atomic E-state index is 13.4. The van der Waals surface area contributed by atoms with E-state index < -0.39 is 0 Å². The summed E-state index contributed by atoms with van der Waals surface area (Å²) in [5.74, 6) is 0.415. The molecule has 1 aliphatic rings. The molecule has 4 heterocycles. The van der Waals surface area contributed by atoms with Gasteiger partial charge in [0.1, 0.15) is 11.6 Å². The Morgan fingerprint density at radius 1 is 1.41 bits per heavy atom. The first-order valence-corrected chi connectivity index (χ1v) is 9.99. The van der Waals surface area contributed by atoms with Gasteiger partial charge < -0.3 is 20.0 Å². The predicted octanol–water partition coefficient (Wildman–Crippen LogP) is 1.97. The third kappa shape index (κ3) is 4.36. The Balaban J connectivity index is 0.000000775. The molecule has 3 aromatic heterocycles. The first-order chi connectivity index (χ1) is 15.5. The Bertz CT molecular complexity index is 1250. The van der Waals surface area contributed by atoms with E-state index >= 15 is 0 Å². The minimum Gasteiger partial charge on any atom is -0.483 e. The summed E-state index contributed by atoms with van der Waals surface area (Å²) in [5.41, 5.74) is 4.31. The van der Waals surface area contributed by atoms with Gasteiger partial charge in [-0.3, -0.25) is 14.3 Å². The molecule has 0 bridgehead atoms. The number of halogens is 1. The smallest absolute Gasteiger partial charge is 0.290 e. The summed E-state index contributed by atoms with van der Waals surface area (Å²) in [5, 5.41) is 11.1. The van der Waals surface area contributed by atoms with Gasteiger partial charge in [0.05, 0.1) is 41.5 Å². The summed E-state index contributed by atoms with van der Waals surface area (Å²) < 4.78 is 15.1. The molecule has 5 rings (SSSR count). The number of aryl methyl sites for hydroxylation is 2. The Morgan fingerprint density at radius 3 is 2.97 bits per heavy atom. The van der Waals surface area contributed by atoms with Crippen molar-refractivity contribution in [3.63, 3.8) is 0 Å². The highest BCUT2D eigenvalue weighted by Crippen LogP contribution is 2.31. The molecule has 0 radical (unpaired) electrons. The number of rotatable bonds is 4. The molecule has 0 spiro atoms. The van der Waals surface area contributed by atoms with Crippen LogP contribution in [0.2, 0.25) is 0 Å². The largest absolute Gasteiger partial charge is 0.483 e. The number of benzene rings is 1. The number of imidazole rings is 2. The van der Waals surface area contributed by atoms with E-state index in [1.807, 2.05) is 24.3 Å². The van der Waals surface area contributed by atoms with E-state index in [0.717, 1.165) is 17.0 Å². The van der Waals surface area contributed by atoms with Crippen LogP contribution in [0.15, 0.2) is 36.9 Å². The zero-order chi connectivity index (χ0) is 22.7. The molecule has 1 aliphatic heterocycles. The minimum absolute atomic E-state index is 0.00294. The van der Waals surface area contributed by atoms with Crippen molar-refractivity contribution in [2.75, 3.05) is 6.54 Å². The topological polar surface area (TPSA) is 133 Å².